The lowest BCUT2D eigenvalue weighted by molar-refractivity contribution is 0.459. The molecule has 0 unspecified atom stereocenters. The van der Waals surface area contributed by atoms with Crippen molar-refractivity contribution in [1.29, 1.82) is 0 Å². The fourth-order valence-corrected chi connectivity index (χ4v) is 1.73. The number of ether oxygens (including phenoxy) is 1. The lowest BCUT2D eigenvalue weighted by atomic mass is 10.3. The van der Waals surface area contributed by atoms with Crippen LogP contribution in [0.25, 0.3) is 0 Å². The van der Waals surface area contributed by atoms with Gasteiger partial charge in [-0.3, -0.25) is 0 Å². The van der Waals surface area contributed by atoms with Crippen LogP contribution in [0.15, 0.2) is 42.6 Å². The average molecular weight is 326 g/mol. The number of benzene rings is 1. The van der Waals surface area contributed by atoms with Gasteiger partial charge < -0.3 is 10.5 Å². The van der Waals surface area contributed by atoms with Crippen molar-refractivity contribution >= 4 is 22.6 Å². The number of para-hydroxylation sites is 1. The summed E-state index contributed by atoms with van der Waals surface area (Å²) in [5.41, 5.74) is 6.49. The third-order valence-electron chi connectivity index (χ3n) is 2.08. The Kier molecular flexibility index (Phi) is 3.74. The summed E-state index contributed by atoms with van der Waals surface area (Å²) in [5.74, 6) is 1.40. The first-order valence-corrected chi connectivity index (χ1v) is 5.95. The van der Waals surface area contributed by atoms with Crippen molar-refractivity contribution in [3.05, 3.63) is 51.7 Å². The highest BCUT2D eigenvalue weighted by Gasteiger charge is 2.02. The molecular weight excluding hydrogens is 315 g/mol. The predicted molar refractivity (Wildman–Crippen MR) is 71.4 cm³/mol. The van der Waals surface area contributed by atoms with E-state index in [0.29, 0.717) is 12.4 Å². The van der Waals surface area contributed by atoms with Crippen LogP contribution in [0.4, 0.5) is 0 Å². The Morgan fingerprint density at radius 3 is 2.62 bits per heavy atom. The number of nitrogens with zero attached hydrogens (tertiary/aromatic N) is 1. The summed E-state index contributed by atoms with van der Waals surface area (Å²) < 4.78 is 6.71. The maximum Gasteiger partial charge on any atom is 0.219 e. The fourth-order valence-electron chi connectivity index (χ4n) is 1.23. The van der Waals surface area contributed by atoms with Crippen LogP contribution < -0.4 is 10.5 Å². The van der Waals surface area contributed by atoms with Crippen LogP contribution in [0, 0.1) is 3.57 Å². The van der Waals surface area contributed by atoms with Gasteiger partial charge in [0, 0.05) is 18.8 Å². The van der Waals surface area contributed by atoms with Gasteiger partial charge in [-0.1, -0.05) is 18.2 Å². The van der Waals surface area contributed by atoms with Crippen molar-refractivity contribution in [2.45, 2.75) is 6.54 Å². The molecule has 1 heterocycles. The van der Waals surface area contributed by atoms with Crippen molar-refractivity contribution in [3.8, 4) is 11.6 Å². The van der Waals surface area contributed by atoms with Gasteiger partial charge in [0.05, 0.1) is 3.57 Å². The number of rotatable bonds is 3. The Morgan fingerprint density at radius 2 is 2.00 bits per heavy atom. The number of nitrogens with two attached hydrogens (primary N) is 1. The first-order chi connectivity index (χ1) is 7.79. The predicted octanol–water partition coefficient (Wildman–Crippen LogP) is 2.94. The van der Waals surface area contributed by atoms with Crippen molar-refractivity contribution in [2.75, 3.05) is 0 Å². The molecule has 0 amide bonds. The van der Waals surface area contributed by atoms with Gasteiger partial charge in [-0.15, -0.1) is 0 Å². The van der Waals surface area contributed by atoms with Crippen LogP contribution >= 0.6 is 22.6 Å². The van der Waals surface area contributed by atoms with E-state index >= 15 is 0 Å². The number of hydrogen-bond donors (Lipinski definition) is 1. The van der Waals surface area contributed by atoms with Crippen molar-refractivity contribution in [2.24, 2.45) is 5.73 Å². The van der Waals surface area contributed by atoms with E-state index in [-0.39, 0.29) is 0 Å². The minimum Gasteiger partial charge on any atom is -0.438 e. The van der Waals surface area contributed by atoms with Crippen LogP contribution in [0.1, 0.15) is 5.56 Å². The molecule has 0 radical (unpaired) electrons. The molecule has 0 aliphatic carbocycles. The molecule has 0 spiro atoms. The average Bonchev–Trinajstić information content (AvgIpc) is 2.33. The Morgan fingerprint density at radius 1 is 1.19 bits per heavy atom. The van der Waals surface area contributed by atoms with E-state index in [9.17, 15) is 0 Å². The minimum absolute atomic E-state index is 0.496. The smallest absolute Gasteiger partial charge is 0.219 e. The third-order valence-corrected chi connectivity index (χ3v) is 2.98. The molecule has 0 aliphatic rings. The van der Waals surface area contributed by atoms with E-state index in [1.54, 1.807) is 6.20 Å². The summed E-state index contributed by atoms with van der Waals surface area (Å²) in [7, 11) is 0. The molecule has 4 heteroatoms. The highest BCUT2D eigenvalue weighted by atomic mass is 127. The van der Waals surface area contributed by atoms with Crippen LogP contribution in [0.5, 0.6) is 11.6 Å². The quantitative estimate of drug-likeness (QED) is 0.883. The second kappa shape index (κ2) is 5.27. The Labute approximate surface area is 108 Å². The van der Waals surface area contributed by atoms with Gasteiger partial charge in [0.1, 0.15) is 5.75 Å². The van der Waals surface area contributed by atoms with E-state index in [1.165, 1.54) is 0 Å². The molecule has 0 aliphatic heterocycles. The fraction of sp³-hybridized carbons (Fsp3) is 0.0833. The van der Waals surface area contributed by atoms with Crippen molar-refractivity contribution < 1.29 is 4.74 Å². The summed E-state index contributed by atoms with van der Waals surface area (Å²) in [5, 5.41) is 0. The molecule has 82 valence electrons. The topological polar surface area (TPSA) is 48.1 Å². The summed E-state index contributed by atoms with van der Waals surface area (Å²) in [6, 6.07) is 11.6. The number of hydrogen-bond acceptors (Lipinski definition) is 3. The van der Waals surface area contributed by atoms with Gasteiger partial charge in [-0.2, -0.15) is 0 Å². The number of aromatic nitrogens is 1. The van der Waals surface area contributed by atoms with Crippen LogP contribution in [0.2, 0.25) is 0 Å². The Hall–Kier alpha value is -1.14. The number of halogens is 1. The van der Waals surface area contributed by atoms with Gasteiger partial charge in [-0.25, -0.2) is 4.98 Å². The molecule has 16 heavy (non-hydrogen) atoms. The van der Waals surface area contributed by atoms with Gasteiger partial charge in [0.25, 0.3) is 0 Å². The van der Waals surface area contributed by atoms with E-state index in [4.69, 9.17) is 10.5 Å². The summed E-state index contributed by atoms with van der Waals surface area (Å²) in [4.78, 5) is 4.18. The molecule has 0 saturated carbocycles. The van der Waals surface area contributed by atoms with Gasteiger partial charge >= 0.3 is 0 Å². The molecular formula is C12H11IN2O. The van der Waals surface area contributed by atoms with E-state index in [2.05, 4.69) is 27.6 Å². The molecule has 0 bridgehead atoms. The second-order valence-electron chi connectivity index (χ2n) is 3.24. The molecule has 0 fully saturated rings. The molecule has 2 N–H and O–H groups in total. The maximum absolute atomic E-state index is 5.65. The molecule has 0 atom stereocenters. The first-order valence-electron chi connectivity index (χ1n) is 4.87. The van der Waals surface area contributed by atoms with Crippen molar-refractivity contribution in [3.63, 3.8) is 0 Å². The van der Waals surface area contributed by atoms with Crippen LogP contribution in [-0.2, 0) is 6.54 Å². The summed E-state index contributed by atoms with van der Waals surface area (Å²) >= 11 is 2.23. The van der Waals surface area contributed by atoms with Gasteiger partial charge in [0.2, 0.25) is 5.88 Å². The SMILES string of the molecule is NCc1ccc(Oc2ccccc2I)nc1. The minimum atomic E-state index is 0.496. The zero-order valence-corrected chi connectivity index (χ0v) is 10.7. The largest absolute Gasteiger partial charge is 0.438 e. The molecule has 2 aromatic rings. The molecule has 3 nitrogen and oxygen atoms in total. The Balaban J connectivity index is 2.18. The van der Waals surface area contributed by atoms with E-state index < -0.39 is 0 Å². The standard InChI is InChI=1S/C12H11IN2O/c13-10-3-1-2-4-11(10)16-12-6-5-9(7-14)8-15-12/h1-6,8H,7,14H2. The third kappa shape index (κ3) is 2.70. The highest BCUT2D eigenvalue weighted by molar-refractivity contribution is 14.1. The van der Waals surface area contributed by atoms with E-state index in [0.717, 1.165) is 14.9 Å². The maximum atomic E-state index is 5.65. The van der Waals surface area contributed by atoms with Gasteiger partial charge in [-0.05, 0) is 40.3 Å². The zero-order chi connectivity index (χ0) is 11.4. The first kappa shape index (κ1) is 11.3. The summed E-state index contributed by atoms with van der Waals surface area (Å²) in [6.07, 6.45) is 1.73. The van der Waals surface area contributed by atoms with Gasteiger partial charge in [0.15, 0.2) is 0 Å². The summed E-state index contributed by atoms with van der Waals surface area (Å²) in [6.45, 7) is 0.496. The molecule has 1 aromatic carbocycles. The number of pyridine rings is 1. The van der Waals surface area contributed by atoms with Crippen LogP contribution in [-0.4, -0.2) is 4.98 Å². The second-order valence-corrected chi connectivity index (χ2v) is 4.40. The lowest BCUT2D eigenvalue weighted by Gasteiger charge is -2.06. The Bertz CT molecular complexity index is 471. The van der Waals surface area contributed by atoms with E-state index in [1.807, 2.05) is 36.4 Å². The molecule has 2 rings (SSSR count). The molecule has 0 saturated heterocycles. The van der Waals surface area contributed by atoms with Crippen LogP contribution in [0.3, 0.4) is 0 Å². The highest BCUT2D eigenvalue weighted by Crippen LogP contribution is 2.24. The molecule has 1 aromatic heterocycles. The van der Waals surface area contributed by atoms with Crippen molar-refractivity contribution in [1.82, 2.24) is 4.98 Å². The lowest BCUT2D eigenvalue weighted by Crippen LogP contribution is -1.97. The normalized spacial score (nSPS) is 10.1. The monoisotopic (exact) mass is 326 g/mol. The zero-order valence-electron chi connectivity index (χ0n) is 8.56.